The first kappa shape index (κ1) is 21.3. The van der Waals surface area contributed by atoms with Gasteiger partial charge >= 0.3 is 0 Å². The van der Waals surface area contributed by atoms with Gasteiger partial charge in [0.1, 0.15) is 12.7 Å². The summed E-state index contributed by atoms with van der Waals surface area (Å²) in [5.41, 5.74) is 3.20. The zero-order valence-corrected chi connectivity index (χ0v) is 18.5. The molecule has 0 amide bonds. The molecule has 7 nitrogen and oxygen atoms in total. The van der Waals surface area contributed by atoms with Crippen molar-refractivity contribution in [3.63, 3.8) is 0 Å². The molecule has 1 saturated heterocycles. The van der Waals surface area contributed by atoms with Crippen LogP contribution in [0.15, 0.2) is 47.6 Å². The van der Waals surface area contributed by atoms with E-state index in [-0.39, 0.29) is 6.10 Å². The number of benzene rings is 2. The lowest BCUT2D eigenvalue weighted by atomic mass is 10.2. The van der Waals surface area contributed by atoms with Gasteiger partial charge in [0.2, 0.25) is 4.77 Å². The van der Waals surface area contributed by atoms with Crippen LogP contribution in [0.5, 0.6) is 11.5 Å². The minimum atomic E-state index is -0.0818. The van der Waals surface area contributed by atoms with Crippen molar-refractivity contribution in [2.75, 3.05) is 13.2 Å². The molecule has 8 heteroatoms. The molecular formula is C23H26N4O3S. The molecule has 3 aromatic rings. The average molecular weight is 439 g/mol. The Labute approximate surface area is 186 Å². The van der Waals surface area contributed by atoms with Crippen molar-refractivity contribution in [1.29, 1.82) is 0 Å². The van der Waals surface area contributed by atoms with Gasteiger partial charge in [-0.3, -0.25) is 5.10 Å². The van der Waals surface area contributed by atoms with Crippen LogP contribution in [-0.4, -0.2) is 34.3 Å². The second-order valence-electron chi connectivity index (χ2n) is 7.36. The van der Waals surface area contributed by atoms with E-state index in [4.69, 9.17) is 26.4 Å². The number of aromatic amines is 1. The third kappa shape index (κ3) is 5.21. The lowest BCUT2D eigenvalue weighted by molar-refractivity contribution is 0.102. The number of rotatable bonds is 8. The first-order chi connectivity index (χ1) is 15.1. The van der Waals surface area contributed by atoms with Crippen molar-refractivity contribution in [3.05, 3.63) is 69.8 Å². The Hall–Kier alpha value is -2.97. The second-order valence-corrected chi connectivity index (χ2v) is 7.75. The smallest absolute Gasteiger partial charge is 0.216 e. The molecule has 1 fully saturated rings. The van der Waals surface area contributed by atoms with Crippen LogP contribution in [0.2, 0.25) is 0 Å². The monoisotopic (exact) mass is 438 g/mol. The molecule has 1 unspecified atom stereocenters. The highest BCUT2D eigenvalue weighted by atomic mass is 32.1. The largest absolute Gasteiger partial charge is 0.490 e. The molecule has 4 rings (SSSR count). The van der Waals surface area contributed by atoms with Crippen molar-refractivity contribution in [2.24, 2.45) is 5.10 Å². The van der Waals surface area contributed by atoms with Crippen LogP contribution < -0.4 is 9.47 Å². The van der Waals surface area contributed by atoms with Gasteiger partial charge in [0.05, 0.1) is 12.8 Å². The van der Waals surface area contributed by atoms with E-state index in [0.717, 1.165) is 30.6 Å². The fraction of sp³-hybridized carbons (Fsp3) is 0.348. The molecule has 0 spiro atoms. The summed E-state index contributed by atoms with van der Waals surface area (Å²) in [6.07, 6.45) is 3.57. The Balaban J connectivity index is 1.52. The summed E-state index contributed by atoms with van der Waals surface area (Å²) in [6.45, 7) is 5.76. The number of aromatic nitrogens is 3. The highest BCUT2D eigenvalue weighted by Crippen LogP contribution is 2.29. The summed E-state index contributed by atoms with van der Waals surface area (Å²) in [4.78, 5) is 0. The van der Waals surface area contributed by atoms with Crippen LogP contribution in [0.3, 0.4) is 0 Å². The SMILES string of the molecule is CCOc1cc(/C=N\n2c(C3CCCO3)n[nH]c2=S)ccc1OCc1ccc(C)cc1. The van der Waals surface area contributed by atoms with Gasteiger partial charge in [-0.15, -0.1) is 0 Å². The average Bonchev–Trinajstić information content (AvgIpc) is 3.43. The van der Waals surface area contributed by atoms with Gasteiger partial charge in [0.25, 0.3) is 0 Å². The van der Waals surface area contributed by atoms with Crippen LogP contribution in [0.25, 0.3) is 0 Å². The Bertz CT molecular complexity index is 1100. The standard InChI is InChI=1S/C23H26N4O3S/c1-3-28-21-13-18(10-11-19(21)30-15-17-8-6-16(2)7-9-17)14-24-27-22(25-26-23(27)31)20-5-4-12-29-20/h6-11,13-14,20H,3-5,12,15H2,1-2H3,(H,26,31)/b24-14-. The van der Waals surface area contributed by atoms with Crippen molar-refractivity contribution in [1.82, 2.24) is 14.9 Å². The van der Waals surface area contributed by atoms with Crippen LogP contribution in [0.1, 0.15) is 48.4 Å². The second kappa shape index (κ2) is 9.89. The van der Waals surface area contributed by atoms with Gasteiger partial charge < -0.3 is 14.2 Å². The zero-order valence-electron chi connectivity index (χ0n) is 17.7. The molecule has 1 N–H and O–H groups in total. The maximum Gasteiger partial charge on any atom is 0.216 e. The Kier molecular flexibility index (Phi) is 6.79. The maximum absolute atomic E-state index is 6.00. The Morgan fingerprint density at radius 2 is 2.06 bits per heavy atom. The van der Waals surface area contributed by atoms with E-state index in [1.54, 1.807) is 10.9 Å². The quantitative estimate of drug-likeness (QED) is 0.397. The molecule has 0 radical (unpaired) electrons. The lowest BCUT2D eigenvalue weighted by Gasteiger charge is -2.13. The summed E-state index contributed by atoms with van der Waals surface area (Å²) in [5.74, 6) is 2.06. The van der Waals surface area contributed by atoms with E-state index in [2.05, 4.69) is 46.5 Å². The number of hydrogen-bond acceptors (Lipinski definition) is 6. The van der Waals surface area contributed by atoms with E-state index in [1.165, 1.54) is 5.56 Å². The summed E-state index contributed by atoms with van der Waals surface area (Å²) >= 11 is 5.33. The number of nitrogens with zero attached hydrogens (tertiary/aromatic N) is 3. The van der Waals surface area contributed by atoms with E-state index >= 15 is 0 Å². The van der Waals surface area contributed by atoms with Crippen molar-refractivity contribution in [3.8, 4) is 11.5 Å². The van der Waals surface area contributed by atoms with Crippen LogP contribution in [0, 0.1) is 11.7 Å². The van der Waals surface area contributed by atoms with Crippen LogP contribution >= 0.6 is 12.2 Å². The van der Waals surface area contributed by atoms with Gasteiger partial charge in [-0.05, 0) is 68.2 Å². The fourth-order valence-electron chi connectivity index (χ4n) is 3.37. The fourth-order valence-corrected chi connectivity index (χ4v) is 3.55. The molecule has 2 aromatic carbocycles. The zero-order chi connectivity index (χ0) is 21.6. The maximum atomic E-state index is 6.00. The summed E-state index contributed by atoms with van der Waals surface area (Å²) < 4.78 is 19.6. The Morgan fingerprint density at radius 1 is 1.23 bits per heavy atom. The summed E-state index contributed by atoms with van der Waals surface area (Å²) in [5, 5.41) is 11.6. The molecular weight excluding hydrogens is 412 g/mol. The lowest BCUT2D eigenvalue weighted by Crippen LogP contribution is -2.05. The summed E-state index contributed by atoms with van der Waals surface area (Å²) in [6, 6.07) is 14.0. The topological polar surface area (TPSA) is 73.7 Å². The molecule has 162 valence electrons. The predicted octanol–water partition coefficient (Wildman–Crippen LogP) is 4.96. The van der Waals surface area contributed by atoms with E-state index in [0.29, 0.717) is 35.3 Å². The van der Waals surface area contributed by atoms with Crippen LogP contribution in [-0.2, 0) is 11.3 Å². The minimum Gasteiger partial charge on any atom is -0.490 e. The first-order valence-corrected chi connectivity index (χ1v) is 10.8. The third-order valence-corrected chi connectivity index (χ3v) is 5.26. The van der Waals surface area contributed by atoms with E-state index < -0.39 is 0 Å². The van der Waals surface area contributed by atoms with Crippen molar-refractivity contribution >= 4 is 18.4 Å². The highest BCUT2D eigenvalue weighted by Gasteiger charge is 2.23. The molecule has 1 aliphatic rings. The molecule has 31 heavy (non-hydrogen) atoms. The number of H-pyrrole nitrogens is 1. The molecule has 0 aliphatic carbocycles. The van der Waals surface area contributed by atoms with E-state index in [9.17, 15) is 0 Å². The predicted molar refractivity (Wildman–Crippen MR) is 121 cm³/mol. The number of ether oxygens (including phenoxy) is 3. The minimum absolute atomic E-state index is 0.0818. The number of hydrogen-bond donors (Lipinski definition) is 1. The summed E-state index contributed by atoms with van der Waals surface area (Å²) in [7, 11) is 0. The van der Waals surface area contributed by atoms with Crippen molar-refractivity contribution < 1.29 is 14.2 Å². The third-order valence-electron chi connectivity index (χ3n) is 5.00. The van der Waals surface area contributed by atoms with Gasteiger partial charge in [0, 0.05) is 6.61 Å². The Morgan fingerprint density at radius 3 is 2.81 bits per heavy atom. The molecule has 2 heterocycles. The number of aryl methyl sites for hydroxylation is 1. The molecule has 1 aliphatic heterocycles. The van der Waals surface area contributed by atoms with Gasteiger partial charge in [-0.25, -0.2) is 0 Å². The normalized spacial score (nSPS) is 16.1. The van der Waals surface area contributed by atoms with Gasteiger partial charge in [0.15, 0.2) is 17.3 Å². The number of nitrogens with one attached hydrogen (secondary N) is 1. The van der Waals surface area contributed by atoms with Gasteiger partial charge in [-0.2, -0.15) is 14.9 Å². The first-order valence-electron chi connectivity index (χ1n) is 10.4. The van der Waals surface area contributed by atoms with E-state index in [1.807, 2.05) is 25.1 Å². The molecule has 0 saturated carbocycles. The molecule has 1 atom stereocenters. The highest BCUT2D eigenvalue weighted by molar-refractivity contribution is 7.71. The van der Waals surface area contributed by atoms with Gasteiger partial charge in [-0.1, -0.05) is 29.8 Å². The van der Waals surface area contributed by atoms with Crippen LogP contribution in [0.4, 0.5) is 0 Å². The molecule has 0 bridgehead atoms. The van der Waals surface area contributed by atoms with Crippen molar-refractivity contribution in [2.45, 2.75) is 39.4 Å². The molecule has 1 aromatic heterocycles.